The van der Waals surface area contributed by atoms with Crippen molar-refractivity contribution in [3.05, 3.63) is 26.0 Å². The number of carbonyl (C=O) groups is 1. The molecule has 0 spiro atoms. The van der Waals surface area contributed by atoms with E-state index in [9.17, 15) is 13.6 Å². The average Bonchev–Trinajstić information content (AvgIpc) is 2.22. The second-order valence-electron chi connectivity index (χ2n) is 2.86. The van der Waals surface area contributed by atoms with Gasteiger partial charge in [-0.05, 0) is 28.7 Å². The van der Waals surface area contributed by atoms with Crippen LogP contribution in [0.4, 0.5) is 8.78 Å². The number of alkyl halides is 2. The van der Waals surface area contributed by atoms with Gasteiger partial charge < -0.3 is 4.74 Å². The summed E-state index contributed by atoms with van der Waals surface area (Å²) in [6, 6.07) is 1.16. The highest BCUT2D eigenvalue weighted by Crippen LogP contribution is 2.29. The molecule has 0 N–H and O–H groups in total. The molecule has 0 fully saturated rings. The predicted molar refractivity (Wildman–Crippen MR) is 62.6 cm³/mol. The van der Waals surface area contributed by atoms with Crippen LogP contribution in [0.15, 0.2) is 6.07 Å². The molecule has 1 aromatic heterocycles. The summed E-state index contributed by atoms with van der Waals surface area (Å²) in [5.41, 5.74) is -0.0490. The van der Waals surface area contributed by atoms with Crippen molar-refractivity contribution < 1.29 is 18.3 Å². The van der Waals surface area contributed by atoms with Crippen molar-refractivity contribution in [2.45, 2.75) is 12.8 Å². The number of hydrogen-bond acceptors (Lipinski definition) is 3. The number of ether oxygens (including phenoxy) is 1. The normalized spacial score (nSPS) is 10.6. The summed E-state index contributed by atoms with van der Waals surface area (Å²) in [5.74, 6) is -0.551. The maximum atomic E-state index is 12.6. The Morgan fingerprint density at radius 3 is 2.81 bits per heavy atom. The Balaban J connectivity index is 3.09. The molecule has 0 amide bonds. The Morgan fingerprint density at radius 2 is 2.31 bits per heavy atom. The first-order chi connectivity index (χ1) is 7.45. The standard InChI is InChI=1S/C9H7ClF2INO2/c1-16-6(15)3-4-2-5(9(11)12)7(13)8(10)14-4/h2,9H,3H2,1H3. The minimum absolute atomic E-state index is 0.0303. The van der Waals surface area contributed by atoms with Crippen LogP contribution >= 0.6 is 34.2 Å². The van der Waals surface area contributed by atoms with E-state index >= 15 is 0 Å². The van der Waals surface area contributed by atoms with Crippen LogP contribution < -0.4 is 0 Å². The lowest BCUT2D eigenvalue weighted by Crippen LogP contribution is -2.08. The number of methoxy groups -OCH3 is 1. The summed E-state index contributed by atoms with van der Waals surface area (Å²) in [5, 5.41) is -0.0303. The van der Waals surface area contributed by atoms with E-state index in [2.05, 4.69) is 9.72 Å². The third-order valence-electron chi connectivity index (χ3n) is 1.79. The van der Waals surface area contributed by atoms with Gasteiger partial charge in [-0.15, -0.1) is 0 Å². The summed E-state index contributed by atoms with van der Waals surface area (Å²) in [6.07, 6.45) is -2.82. The van der Waals surface area contributed by atoms with E-state index in [1.807, 2.05) is 0 Å². The molecule has 1 aromatic rings. The molecule has 0 saturated heterocycles. The quantitative estimate of drug-likeness (QED) is 0.472. The minimum atomic E-state index is -2.65. The van der Waals surface area contributed by atoms with Crippen molar-refractivity contribution in [3.8, 4) is 0 Å². The Morgan fingerprint density at radius 1 is 1.69 bits per heavy atom. The van der Waals surface area contributed by atoms with E-state index in [1.54, 1.807) is 22.6 Å². The topological polar surface area (TPSA) is 39.2 Å². The molecule has 0 bridgehead atoms. The van der Waals surface area contributed by atoms with Crippen LogP contribution in [0.2, 0.25) is 5.15 Å². The smallest absolute Gasteiger partial charge is 0.311 e. The SMILES string of the molecule is COC(=O)Cc1cc(C(F)F)c(I)c(Cl)n1. The average molecular weight is 362 g/mol. The maximum absolute atomic E-state index is 12.6. The highest BCUT2D eigenvalue weighted by atomic mass is 127. The molecule has 0 aromatic carbocycles. The number of aromatic nitrogens is 1. The molecule has 0 aliphatic heterocycles. The molecule has 0 radical (unpaired) electrons. The molecule has 0 aliphatic carbocycles. The summed E-state index contributed by atoms with van der Waals surface area (Å²) >= 11 is 7.37. The van der Waals surface area contributed by atoms with Crippen LogP contribution in [0.5, 0.6) is 0 Å². The van der Waals surface area contributed by atoms with Gasteiger partial charge in [0, 0.05) is 5.56 Å². The monoisotopic (exact) mass is 361 g/mol. The van der Waals surface area contributed by atoms with Gasteiger partial charge in [0.2, 0.25) is 0 Å². The van der Waals surface area contributed by atoms with Crippen molar-refractivity contribution >= 4 is 40.2 Å². The largest absolute Gasteiger partial charge is 0.469 e. The lowest BCUT2D eigenvalue weighted by atomic mass is 10.2. The number of esters is 1. The second kappa shape index (κ2) is 5.72. The number of nitrogens with zero attached hydrogens (tertiary/aromatic N) is 1. The van der Waals surface area contributed by atoms with Crippen LogP contribution in [-0.2, 0) is 16.0 Å². The van der Waals surface area contributed by atoms with Gasteiger partial charge in [-0.2, -0.15) is 0 Å². The molecular formula is C9H7ClF2INO2. The van der Waals surface area contributed by atoms with Crippen molar-refractivity contribution in [1.82, 2.24) is 4.98 Å². The van der Waals surface area contributed by atoms with Crippen molar-refractivity contribution in [2.75, 3.05) is 7.11 Å². The number of pyridine rings is 1. The Hall–Kier alpha value is -0.500. The Kier molecular flexibility index (Phi) is 4.85. The number of hydrogen-bond donors (Lipinski definition) is 0. The molecule has 0 aliphatic rings. The first-order valence-electron chi connectivity index (χ1n) is 4.15. The molecule has 3 nitrogen and oxygen atoms in total. The fourth-order valence-corrected chi connectivity index (χ4v) is 1.77. The van der Waals surface area contributed by atoms with Gasteiger partial charge in [0.1, 0.15) is 5.15 Å². The molecule has 7 heteroatoms. The lowest BCUT2D eigenvalue weighted by molar-refractivity contribution is -0.139. The van der Waals surface area contributed by atoms with Crippen LogP contribution in [0.25, 0.3) is 0 Å². The molecule has 1 rings (SSSR count). The third-order valence-corrected chi connectivity index (χ3v) is 3.51. The fraction of sp³-hybridized carbons (Fsp3) is 0.333. The van der Waals surface area contributed by atoms with Crippen molar-refractivity contribution in [2.24, 2.45) is 0 Å². The number of halogens is 4. The van der Waals surface area contributed by atoms with Gasteiger partial charge in [0.25, 0.3) is 6.43 Å². The van der Waals surface area contributed by atoms with E-state index in [-0.39, 0.29) is 26.4 Å². The molecule has 0 atom stereocenters. The lowest BCUT2D eigenvalue weighted by Gasteiger charge is -2.07. The maximum Gasteiger partial charge on any atom is 0.311 e. The van der Waals surface area contributed by atoms with Gasteiger partial charge in [-0.3, -0.25) is 4.79 Å². The van der Waals surface area contributed by atoms with Crippen LogP contribution in [-0.4, -0.2) is 18.1 Å². The van der Waals surface area contributed by atoms with Crippen molar-refractivity contribution in [1.29, 1.82) is 0 Å². The van der Waals surface area contributed by atoms with E-state index in [4.69, 9.17) is 11.6 Å². The highest BCUT2D eigenvalue weighted by molar-refractivity contribution is 14.1. The summed E-state index contributed by atoms with van der Waals surface area (Å²) < 4.78 is 29.8. The molecule has 88 valence electrons. The molecule has 1 heterocycles. The summed E-state index contributed by atoms with van der Waals surface area (Å²) in [7, 11) is 1.21. The van der Waals surface area contributed by atoms with Gasteiger partial charge >= 0.3 is 5.97 Å². The summed E-state index contributed by atoms with van der Waals surface area (Å²) in [6.45, 7) is 0. The Labute approximate surface area is 109 Å². The molecular weight excluding hydrogens is 354 g/mol. The van der Waals surface area contributed by atoms with Gasteiger partial charge in [-0.1, -0.05) is 11.6 Å². The second-order valence-corrected chi connectivity index (χ2v) is 4.30. The van der Waals surface area contributed by atoms with E-state index < -0.39 is 12.4 Å². The zero-order chi connectivity index (χ0) is 12.3. The zero-order valence-corrected chi connectivity index (χ0v) is 11.1. The number of rotatable bonds is 3. The van der Waals surface area contributed by atoms with Gasteiger partial charge in [0.05, 0.1) is 22.8 Å². The van der Waals surface area contributed by atoms with E-state index in [0.29, 0.717) is 0 Å². The Bertz CT molecular complexity index is 415. The van der Waals surface area contributed by atoms with Crippen LogP contribution in [0.1, 0.15) is 17.7 Å². The molecule has 16 heavy (non-hydrogen) atoms. The molecule has 0 saturated carbocycles. The minimum Gasteiger partial charge on any atom is -0.469 e. The van der Waals surface area contributed by atoms with Crippen LogP contribution in [0.3, 0.4) is 0 Å². The van der Waals surface area contributed by atoms with Gasteiger partial charge in [0.15, 0.2) is 0 Å². The number of carbonyl (C=O) groups excluding carboxylic acids is 1. The summed E-state index contributed by atoms with van der Waals surface area (Å²) in [4.78, 5) is 14.8. The van der Waals surface area contributed by atoms with Crippen molar-refractivity contribution in [3.63, 3.8) is 0 Å². The van der Waals surface area contributed by atoms with E-state index in [0.717, 1.165) is 6.07 Å². The van der Waals surface area contributed by atoms with Crippen LogP contribution in [0, 0.1) is 3.57 Å². The van der Waals surface area contributed by atoms with Gasteiger partial charge in [-0.25, -0.2) is 13.8 Å². The fourth-order valence-electron chi connectivity index (χ4n) is 1.04. The highest BCUT2D eigenvalue weighted by Gasteiger charge is 2.17. The first kappa shape index (κ1) is 13.6. The molecule has 0 unspecified atom stereocenters. The predicted octanol–water partition coefficient (Wildman–Crippen LogP) is 2.99. The first-order valence-corrected chi connectivity index (χ1v) is 5.61. The zero-order valence-electron chi connectivity index (χ0n) is 8.14. The third kappa shape index (κ3) is 3.24. The van der Waals surface area contributed by atoms with E-state index in [1.165, 1.54) is 7.11 Å².